The molecule has 0 spiro atoms. The summed E-state index contributed by atoms with van der Waals surface area (Å²) in [6.07, 6.45) is 0.410. The standard InChI is InChI=1S/C13H19F2NO/c1-9(2)12(8-17)16-7-6-10-4-3-5-11(14)13(10)15/h3-5,9,12,16-17H,6-8H2,1-2H3/t12-/m1/s1. The number of hydrogen-bond donors (Lipinski definition) is 2. The Morgan fingerprint density at radius 1 is 1.29 bits per heavy atom. The minimum Gasteiger partial charge on any atom is -0.395 e. The summed E-state index contributed by atoms with van der Waals surface area (Å²) in [6.45, 7) is 4.56. The van der Waals surface area contributed by atoms with Crippen molar-refractivity contribution in [3.63, 3.8) is 0 Å². The van der Waals surface area contributed by atoms with Gasteiger partial charge in [-0.3, -0.25) is 0 Å². The summed E-state index contributed by atoms with van der Waals surface area (Å²) in [5.74, 6) is -1.29. The lowest BCUT2D eigenvalue weighted by molar-refractivity contribution is 0.211. The fourth-order valence-electron chi connectivity index (χ4n) is 1.64. The van der Waals surface area contributed by atoms with Crippen molar-refractivity contribution in [2.24, 2.45) is 5.92 Å². The van der Waals surface area contributed by atoms with E-state index in [2.05, 4.69) is 5.32 Å². The maximum atomic E-state index is 13.3. The van der Waals surface area contributed by atoms with Crippen molar-refractivity contribution in [2.45, 2.75) is 26.3 Å². The van der Waals surface area contributed by atoms with Crippen LogP contribution < -0.4 is 5.32 Å². The fourth-order valence-corrected chi connectivity index (χ4v) is 1.64. The van der Waals surface area contributed by atoms with Crippen molar-refractivity contribution in [1.82, 2.24) is 5.32 Å². The Kier molecular flexibility index (Phi) is 5.51. The first-order chi connectivity index (χ1) is 8.06. The molecule has 1 atom stereocenters. The molecule has 0 fully saturated rings. The number of benzene rings is 1. The van der Waals surface area contributed by atoms with Gasteiger partial charge in [0.05, 0.1) is 6.61 Å². The third kappa shape index (κ3) is 4.06. The average Bonchev–Trinajstić information content (AvgIpc) is 2.29. The van der Waals surface area contributed by atoms with Gasteiger partial charge in [0.2, 0.25) is 0 Å². The number of aliphatic hydroxyl groups is 1. The third-order valence-electron chi connectivity index (χ3n) is 2.83. The van der Waals surface area contributed by atoms with E-state index in [4.69, 9.17) is 5.11 Å². The molecule has 0 bridgehead atoms. The largest absolute Gasteiger partial charge is 0.395 e. The van der Waals surface area contributed by atoms with Gasteiger partial charge < -0.3 is 10.4 Å². The van der Waals surface area contributed by atoms with E-state index in [1.807, 2.05) is 13.8 Å². The van der Waals surface area contributed by atoms with Crippen LogP contribution in [0.5, 0.6) is 0 Å². The molecule has 2 N–H and O–H groups in total. The summed E-state index contributed by atoms with van der Waals surface area (Å²) in [7, 11) is 0. The molecule has 0 aliphatic rings. The summed E-state index contributed by atoms with van der Waals surface area (Å²) in [5.41, 5.74) is 0.359. The van der Waals surface area contributed by atoms with Crippen molar-refractivity contribution in [3.8, 4) is 0 Å². The topological polar surface area (TPSA) is 32.3 Å². The zero-order valence-electron chi connectivity index (χ0n) is 10.2. The number of halogens is 2. The van der Waals surface area contributed by atoms with Crippen LogP contribution in [0, 0.1) is 17.6 Å². The zero-order valence-corrected chi connectivity index (χ0v) is 10.2. The van der Waals surface area contributed by atoms with Gasteiger partial charge in [0.1, 0.15) is 0 Å². The van der Waals surface area contributed by atoms with E-state index in [1.165, 1.54) is 6.07 Å². The molecule has 0 aliphatic heterocycles. The predicted molar refractivity (Wildman–Crippen MR) is 63.8 cm³/mol. The van der Waals surface area contributed by atoms with E-state index >= 15 is 0 Å². The summed E-state index contributed by atoms with van der Waals surface area (Å²) in [5, 5.41) is 12.2. The smallest absolute Gasteiger partial charge is 0.162 e. The molecule has 17 heavy (non-hydrogen) atoms. The number of nitrogens with one attached hydrogen (secondary N) is 1. The molecular formula is C13H19F2NO. The van der Waals surface area contributed by atoms with E-state index in [9.17, 15) is 8.78 Å². The van der Waals surface area contributed by atoms with Crippen molar-refractivity contribution in [2.75, 3.05) is 13.2 Å². The predicted octanol–water partition coefficient (Wildman–Crippen LogP) is 2.11. The van der Waals surface area contributed by atoms with Crippen LogP contribution in [0.4, 0.5) is 8.78 Å². The van der Waals surface area contributed by atoms with Crippen LogP contribution in [0.15, 0.2) is 18.2 Å². The molecule has 0 saturated heterocycles. The van der Waals surface area contributed by atoms with Gasteiger partial charge in [0.15, 0.2) is 11.6 Å². The number of hydrogen-bond acceptors (Lipinski definition) is 2. The van der Waals surface area contributed by atoms with Gasteiger partial charge >= 0.3 is 0 Å². The summed E-state index contributed by atoms with van der Waals surface area (Å²) in [4.78, 5) is 0. The molecular weight excluding hydrogens is 224 g/mol. The van der Waals surface area contributed by atoms with Crippen LogP contribution in [-0.2, 0) is 6.42 Å². The fraction of sp³-hybridized carbons (Fsp3) is 0.538. The van der Waals surface area contributed by atoms with Gasteiger partial charge in [-0.2, -0.15) is 0 Å². The number of aliphatic hydroxyl groups excluding tert-OH is 1. The molecule has 0 radical (unpaired) electrons. The van der Waals surface area contributed by atoms with Gasteiger partial charge in [0.25, 0.3) is 0 Å². The molecule has 0 heterocycles. The van der Waals surface area contributed by atoms with Gasteiger partial charge in [-0.1, -0.05) is 26.0 Å². The Hall–Kier alpha value is -1.00. The highest BCUT2D eigenvalue weighted by Crippen LogP contribution is 2.11. The summed E-state index contributed by atoms with van der Waals surface area (Å²) >= 11 is 0. The van der Waals surface area contributed by atoms with E-state index in [1.54, 1.807) is 6.07 Å². The Morgan fingerprint density at radius 2 is 2.00 bits per heavy atom. The zero-order chi connectivity index (χ0) is 12.8. The van der Waals surface area contributed by atoms with Crippen molar-refractivity contribution < 1.29 is 13.9 Å². The average molecular weight is 243 g/mol. The van der Waals surface area contributed by atoms with E-state index in [0.29, 0.717) is 24.4 Å². The van der Waals surface area contributed by atoms with Crippen molar-refractivity contribution >= 4 is 0 Å². The highest BCUT2D eigenvalue weighted by molar-refractivity contribution is 5.19. The van der Waals surface area contributed by atoms with Gasteiger partial charge in [-0.05, 0) is 30.5 Å². The van der Waals surface area contributed by atoms with Crippen molar-refractivity contribution in [1.29, 1.82) is 0 Å². The molecule has 96 valence electrons. The second kappa shape index (κ2) is 6.67. The summed E-state index contributed by atoms with van der Waals surface area (Å²) in [6, 6.07) is 4.17. The second-order valence-corrected chi connectivity index (χ2v) is 4.45. The molecule has 0 unspecified atom stereocenters. The lowest BCUT2D eigenvalue weighted by atomic mass is 10.0. The Balaban J connectivity index is 2.48. The second-order valence-electron chi connectivity index (χ2n) is 4.45. The van der Waals surface area contributed by atoms with E-state index in [-0.39, 0.29) is 12.6 Å². The van der Waals surface area contributed by atoms with Crippen molar-refractivity contribution in [3.05, 3.63) is 35.4 Å². The Morgan fingerprint density at radius 3 is 2.59 bits per heavy atom. The molecule has 1 aromatic rings. The minimum atomic E-state index is -0.815. The first-order valence-corrected chi connectivity index (χ1v) is 5.83. The highest BCUT2D eigenvalue weighted by atomic mass is 19.2. The Labute approximate surface area is 101 Å². The molecule has 0 amide bonds. The monoisotopic (exact) mass is 243 g/mol. The first kappa shape index (κ1) is 14.1. The molecule has 2 nitrogen and oxygen atoms in total. The maximum absolute atomic E-state index is 13.3. The van der Waals surface area contributed by atoms with Crippen LogP contribution in [0.2, 0.25) is 0 Å². The molecule has 0 aliphatic carbocycles. The van der Waals surface area contributed by atoms with E-state index < -0.39 is 11.6 Å². The van der Waals surface area contributed by atoms with Gasteiger partial charge in [-0.15, -0.1) is 0 Å². The summed E-state index contributed by atoms with van der Waals surface area (Å²) < 4.78 is 26.2. The lowest BCUT2D eigenvalue weighted by Gasteiger charge is -2.19. The van der Waals surface area contributed by atoms with Gasteiger partial charge in [0, 0.05) is 6.04 Å². The quantitative estimate of drug-likeness (QED) is 0.802. The minimum absolute atomic E-state index is 0.00776. The maximum Gasteiger partial charge on any atom is 0.162 e. The molecule has 0 aromatic heterocycles. The van der Waals surface area contributed by atoms with Crippen LogP contribution in [0.25, 0.3) is 0 Å². The molecule has 1 rings (SSSR count). The molecule has 0 saturated carbocycles. The molecule has 1 aromatic carbocycles. The van der Waals surface area contributed by atoms with Crippen LogP contribution >= 0.6 is 0 Å². The van der Waals surface area contributed by atoms with Gasteiger partial charge in [-0.25, -0.2) is 8.78 Å². The Bertz CT molecular complexity index is 355. The highest BCUT2D eigenvalue weighted by Gasteiger charge is 2.12. The van der Waals surface area contributed by atoms with Crippen LogP contribution in [0.3, 0.4) is 0 Å². The lowest BCUT2D eigenvalue weighted by Crippen LogP contribution is -2.38. The van der Waals surface area contributed by atoms with E-state index in [0.717, 1.165) is 6.07 Å². The van der Waals surface area contributed by atoms with Crippen LogP contribution in [0.1, 0.15) is 19.4 Å². The van der Waals surface area contributed by atoms with Crippen LogP contribution in [-0.4, -0.2) is 24.3 Å². The SMILES string of the molecule is CC(C)[C@@H](CO)NCCc1cccc(F)c1F. The normalized spacial score (nSPS) is 13.1. The first-order valence-electron chi connectivity index (χ1n) is 5.83. The molecule has 4 heteroatoms. The number of rotatable bonds is 6. The third-order valence-corrected chi connectivity index (χ3v) is 2.83.